The van der Waals surface area contributed by atoms with Gasteiger partial charge in [-0.15, -0.1) is 0 Å². The summed E-state index contributed by atoms with van der Waals surface area (Å²) in [6.45, 7) is 1.50. The molecule has 0 radical (unpaired) electrons. The van der Waals surface area contributed by atoms with E-state index in [4.69, 9.17) is 5.11 Å². The molecule has 0 bridgehead atoms. The van der Waals surface area contributed by atoms with Crippen molar-refractivity contribution in [2.75, 3.05) is 0 Å². The van der Waals surface area contributed by atoms with Gasteiger partial charge in [-0.2, -0.15) is 0 Å². The first kappa shape index (κ1) is 9.19. The summed E-state index contributed by atoms with van der Waals surface area (Å²) in [6.07, 6.45) is 0.900. The molecule has 0 amide bonds. The molecular formula is C11H11FO2. The van der Waals surface area contributed by atoms with E-state index in [-0.39, 0.29) is 5.56 Å². The summed E-state index contributed by atoms with van der Waals surface area (Å²) in [5, 5.41) is 8.90. The molecule has 1 aliphatic carbocycles. The first-order chi connectivity index (χ1) is 6.52. The number of hydrogen-bond donors (Lipinski definition) is 1. The summed E-state index contributed by atoms with van der Waals surface area (Å²) < 4.78 is 13.9. The SMILES string of the molecule is CC1(F)CCc2c(C(=O)O)cccc21. The highest BCUT2D eigenvalue weighted by atomic mass is 19.1. The van der Waals surface area contributed by atoms with Crippen LogP contribution in [0.2, 0.25) is 0 Å². The standard InChI is InChI=1S/C11H11FO2/c1-11(12)6-5-7-8(10(13)14)3-2-4-9(7)11/h2-4H,5-6H2,1H3,(H,13,14). The molecule has 2 nitrogen and oxygen atoms in total. The molecule has 0 saturated heterocycles. The molecule has 14 heavy (non-hydrogen) atoms. The average Bonchev–Trinajstić information content (AvgIpc) is 2.42. The van der Waals surface area contributed by atoms with E-state index >= 15 is 0 Å². The molecule has 2 rings (SSSR count). The van der Waals surface area contributed by atoms with E-state index in [0.717, 1.165) is 0 Å². The molecule has 0 spiro atoms. The molecule has 1 aliphatic rings. The monoisotopic (exact) mass is 194 g/mol. The van der Waals surface area contributed by atoms with Crippen molar-refractivity contribution in [2.24, 2.45) is 0 Å². The molecule has 0 heterocycles. The van der Waals surface area contributed by atoms with Gasteiger partial charge in [-0.1, -0.05) is 12.1 Å². The predicted octanol–water partition coefficient (Wildman–Crippen LogP) is 2.52. The van der Waals surface area contributed by atoms with Gasteiger partial charge >= 0.3 is 5.97 Å². The lowest BCUT2D eigenvalue weighted by atomic mass is 9.98. The Morgan fingerprint density at radius 2 is 2.29 bits per heavy atom. The van der Waals surface area contributed by atoms with Crippen molar-refractivity contribution in [1.29, 1.82) is 0 Å². The Bertz CT molecular complexity index is 396. The molecule has 1 aromatic rings. The molecule has 1 atom stereocenters. The predicted molar refractivity (Wildman–Crippen MR) is 50.2 cm³/mol. The minimum Gasteiger partial charge on any atom is -0.478 e. The van der Waals surface area contributed by atoms with Gasteiger partial charge in [0.25, 0.3) is 0 Å². The first-order valence-electron chi connectivity index (χ1n) is 4.57. The first-order valence-corrected chi connectivity index (χ1v) is 4.57. The van der Waals surface area contributed by atoms with Crippen LogP contribution in [0.3, 0.4) is 0 Å². The molecule has 1 N–H and O–H groups in total. The van der Waals surface area contributed by atoms with Gasteiger partial charge < -0.3 is 5.11 Å². The van der Waals surface area contributed by atoms with Gasteiger partial charge in [-0.05, 0) is 37.0 Å². The van der Waals surface area contributed by atoms with Crippen molar-refractivity contribution in [2.45, 2.75) is 25.4 Å². The van der Waals surface area contributed by atoms with Crippen LogP contribution in [0.1, 0.15) is 34.8 Å². The van der Waals surface area contributed by atoms with Crippen LogP contribution in [0.25, 0.3) is 0 Å². The lowest BCUT2D eigenvalue weighted by Crippen LogP contribution is -2.10. The quantitative estimate of drug-likeness (QED) is 0.745. The molecule has 0 saturated carbocycles. The number of fused-ring (bicyclic) bond motifs is 1. The number of benzene rings is 1. The third-order valence-electron chi connectivity index (χ3n) is 2.81. The van der Waals surface area contributed by atoms with Gasteiger partial charge in [0.15, 0.2) is 0 Å². The van der Waals surface area contributed by atoms with E-state index in [0.29, 0.717) is 24.0 Å². The van der Waals surface area contributed by atoms with Crippen molar-refractivity contribution in [1.82, 2.24) is 0 Å². The maximum Gasteiger partial charge on any atom is 0.335 e. The topological polar surface area (TPSA) is 37.3 Å². The zero-order valence-electron chi connectivity index (χ0n) is 7.88. The summed E-state index contributed by atoms with van der Waals surface area (Å²) in [4.78, 5) is 10.8. The smallest absolute Gasteiger partial charge is 0.335 e. The van der Waals surface area contributed by atoms with Gasteiger partial charge in [0, 0.05) is 0 Å². The van der Waals surface area contributed by atoms with Crippen LogP contribution >= 0.6 is 0 Å². The summed E-state index contributed by atoms with van der Waals surface area (Å²) in [5.74, 6) is -0.973. The molecule has 0 aromatic heterocycles. The Balaban J connectivity index is 2.61. The fourth-order valence-corrected chi connectivity index (χ4v) is 2.04. The van der Waals surface area contributed by atoms with Crippen molar-refractivity contribution >= 4 is 5.97 Å². The Morgan fingerprint density at radius 3 is 2.93 bits per heavy atom. The second kappa shape index (κ2) is 2.80. The highest BCUT2D eigenvalue weighted by Gasteiger charge is 2.36. The summed E-state index contributed by atoms with van der Waals surface area (Å²) in [6, 6.07) is 4.81. The van der Waals surface area contributed by atoms with E-state index in [1.807, 2.05) is 0 Å². The number of rotatable bonds is 1. The Hall–Kier alpha value is -1.38. The third kappa shape index (κ3) is 1.20. The summed E-state index contributed by atoms with van der Waals surface area (Å²) in [5.41, 5.74) is 0.0760. The lowest BCUT2D eigenvalue weighted by Gasteiger charge is -2.14. The highest BCUT2D eigenvalue weighted by Crippen LogP contribution is 2.41. The van der Waals surface area contributed by atoms with Crippen LogP contribution in [0.5, 0.6) is 0 Å². The van der Waals surface area contributed by atoms with Crippen LogP contribution in [-0.4, -0.2) is 11.1 Å². The number of carboxylic acid groups (broad SMARTS) is 1. The molecule has 0 aliphatic heterocycles. The largest absolute Gasteiger partial charge is 0.478 e. The second-order valence-electron chi connectivity index (χ2n) is 3.83. The zero-order chi connectivity index (χ0) is 10.3. The molecular weight excluding hydrogens is 183 g/mol. The molecule has 0 fully saturated rings. The number of hydrogen-bond acceptors (Lipinski definition) is 1. The minimum atomic E-state index is -1.36. The van der Waals surface area contributed by atoms with Crippen LogP contribution in [-0.2, 0) is 12.1 Å². The van der Waals surface area contributed by atoms with Gasteiger partial charge in [0.2, 0.25) is 0 Å². The maximum atomic E-state index is 13.9. The van der Waals surface area contributed by atoms with Crippen LogP contribution in [0, 0.1) is 0 Å². The summed E-state index contributed by atoms with van der Waals surface area (Å²) >= 11 is 0. The Kier molecular flexibility index (Phi) is 1.84. The van der Waals surface area contributed by atoms with Gasteiger partial charge in [-0.25, -0.2) is 9.18 Å². The third-order valence-corrected chi connectivity index (χ3v) is 2.81. The number of carboxylic acids is 1. The van der Waals surface area contributed by atoms with E-state index < -0.39 is 11.6 Å². The van der Waals surface area contributed by atoms with Gasteiger partial charge in [0.1, 0.15) is 5.67 Å². The minimum absolute atomic E-state index is 0.240. The van der Waals surface area contributed by atoms with Crippen LogP contribution < -0.4 is 0 Å². The lowest BCUT2D eigenvalue weighted by molar-refractivity contribution is 0.0696. The van der Waals surface area contributed by atoms with Crippen molar-refractivity contribution in [3.05, 3.63) is 34.9 Å². The van der Waals surface area contributed by atoms with Crippen molar-refractivity contribution in [3.8, 4) is 0 Å². The normalized spacial score (nSPS) is 24.7. The Morgan fingerprint density at radius 1 is 1.57 bits per heavy atom. The van der Waals surface area contributed by atoms with E-state index in [1.54, 1.807) is 12.1 Å². The van der Waals surface area contributed by atoms with E-state index in [1.165, 1.54) is 13.0 Å². The molecule has 3 heteroatoms. The molecule has 1 aromatic carbocycles. The van der Waals surface area contributed by atoms with Crippen LogP contribution in [0.4, 0.5) is 4.39 Å². The number of halogens is 1. The zero-order valence-corrected chi connectivity index (χ0v) is 7.88. The second-order valence-corrected chi connectivity index (χ2v) is 3.83. The van der Waals surface area contributed by atoms with E-state index in [9.17, 15) is 9.18 Å². The van der Waals surface area contributed by atoms with Gasteiger partial charge in [0.05, 0.1) is 5.56 Å². The van der Waals surface area contributed by atoms with Crippen molar-refractivity contribution < 1.29 is 14.3 Å². The van der Waals surface area contributed by atoms with Gasteiger partial charge in [-0.3, -0.25) is 0 Å². The average molecular weight is 194 g/mol. The maximum absolute atomic E-state index is 13.9. The van der Waals surface area contributed by atoms with Crippen molar-refractivity contribution in [3.63, 3.8) is 0 Å². The molecule has 1 unspecified atom stereocenters. The number of alkyl halides is 1. The summed E-state index contributed by atoms with van der Waals surface area (Å²) in [7, 11) is 0. The fourth-order valence-electron chi connectivity index (χ4n) is 2.04. The van der Waals surface area contributed by atoms with Crippen LogP contribution in [0.15, 0.2) is 18.2 Å². The molecule has 74 valence electrons. The fraction of sp³-hybridized carbons (Fsp3) is 0.364. The number of carbonyl (C=O) groups is 1. The highest BCUT2D eigenvalue weighted by molar-refractivity contribution is 5.90. The Labute approximate surface area is 81.4 Å². The van der Waals surface area contributed by atoms with E-state index in [2.05, 4.69) is 0 Å². The number of aromatic carboxylic acids is 1.